The summed E-state index contributed by atoms with van der Waals surface area (Å²) in [6.07, 6.45) is 2.11. The smallest absolute Gasteiger partial charge is 0.0553 e. The first-order valence-corrected chi connectivity index (χ1v) is 7.41. The van der Waals surface area contributed by atoms with Crippen molar-refractivity contribution >= 4 is 44.2 Å². The van der Waals surface area contributed by atoms with Gasteiger partial charge in [-0.15, -0.1) is 0 Å². The normalized spacial score (nSPS) is 10.5. The van der Waals surface area contributed by atoms with Gasteiger partial charge in [0.1, 0.15) is 0 Å². The molecule has 2 nitrogen and oxygen atoms in total. The number of hydrogen-bond donors (Lipinski definition) is 1. The Morgan fingerprint density at radius 3 is 2.94 bits per heavy atom. The molecule has 0 amide bonds. The van der Waals surface area contributed by atoms with Gasteiger partial charge in [0.05, 0.1) is 6.54 Å². The molecule has 4 heteroatoms. The molecular formula is C13H14BrIN2. The number of rotatable bonds is 4. The third-order valence-corrected chi connectivity index (χ3v) is 4.09. The first-order valence-electron chi connectivity index (χ1n) is 5.53. The molecule has 2 rings (SSSR count). The van der Waals surface area contributed by atoms with Crippen LogP contribution in [0.1, 0.15) is 12.6 Å². The highest BCUT2D eigenvalue weighted by molar-refractivity contribution is 14.1. The van der Waals surface area contributed by atoms with Gasteiger partial charge in [0.2, 0.25) is 0 Å². The molecular weight excluding hydrogens is 391 g/mol. The average molecular weight is 405 g/mol. The molecule has 0 aliphatic rings. The number of aromatic nitrogens is 1. The number of halogens is 2. The quantitative estimate of drug-likeness (QED) is 0.743. The summed E-state index contributed by atoms with van der Waals surface area (Å²) < 4.78 is 4.59. The molecule has 1 heterocycles. The molecule has 0 bridgehead atoms. The van der Waals surface area contributed by atoms with E-state index in [0.29, 0.717) is 0 Å². The summed E-state index contributed by atoms with van der Waals surface area (Å²) in [6.45, 7) is 4.03. The molecule has 17 heavy (non-hydrogen) atoms. The monoisotopic (exact) mass is 404 g/mol. The molecule has 0 aliphatic heterocycles. The number of hydrogen-bond acceptors (Lipinski definition) is 1. The lowest BCUT2D eigenvalue weighted by Gasteiger charge is -2.11. The van der Waals surface area contributed by atoms with Crippen LogP contribution in [-0.4, -0.2) is 4.57 Å². The van der Waals surface area contributed by atoms with Crippen LogP contribution in [0.25, 0.3) is 0 Å². The lowest BCUT2D eigenvalue weighted by molar-refractivity contribution is 0.724. The molecule has 0 saturated carbocycles. The fourth-order valence-electron chi connectivity index (χ4n) is 1.74. The second-order valence-electron chi connectivity index (χ2n) is 3.76. The SMILES string of the molecule is CCn1cccc1CNc1cc(Br)ccc1I. The molecule has 0 radical (unpaired) electrons. The summed E-state index contributed by atoms with van der Waals surface area (Å²) in [5.41, 5.74) is 2.48. The van der Waals surface area contributed by atoms with E-state index in [-0.39, 0.29) is 0 Å². The Bertz CT molecular complexity index is 508. The Kier molecular flexibility index (Phi) is 4.50. The highest BCUT2D eigenvalue weighted by Gasteiger charge is 2.02. The van der Waals surface area contributed by atoms with Crippen molar-refractivity contribution in [2.24, 2.45) is 0 Å². The predicted molar refractivity (Wildman–Crippen MR) is 84.3 cm³/mol. The van der Waals surface area contributed by atoms with Crippen LogP contribution in [0.2, 0.25) is 0 Å². The van der Waals surface area contributed by atoms with E-state index in [1.807, 2.05) is 0 Å². The summed E-state index contributed by atoms with van der Waals surface area (Å²) in [7, 11) is 0. The maximum atomic E-state index is 3.49. The second kappa shape index (κ2) is 5.91. The van der Waals surface area contributed by atoms with Crippen LogP contribution in [0, 0.1) is 3.57 Å². The number of benzene rings is 1. The van der Waals surface area contributed by atoms with Gasteiger partial charge in [-0.25, -0.2) is 0 Å². The molecule has 1 N–H and O–H groups in total. The standard InChI is InChI=1S/C13H14BrIN2/c1-2-17-7-3-4-11(17)9-16-13-8-10(14)5-6-12(13)15/h3-8,16H,2,9H2,1H3. The fourth-order valence-corrected chi connectivity index (χ4v) is 2.62. The molecule has 0 saturated heterocycles. The third kappa shape index (κ3) is 3.25. The van der Waals surface area contributed by atoms with Crippen LogP contribution >= 0.6 is 38.5 Å². The second-order valence-corrected chi connectivity index (χ2v) is 5.84. The zero-order valence-electron chi connectivity index (χ0n) is 9.58. The van der Waals surface area contributed by atoms with Gasteiger partial charge in [0, 0.05) is 32.2 Å². The lowest BCUT2D eigenvalue weighted by Crippen LogP contribution is -2.06. The van der Waals surface area contributed by atoms with Gasteiger partial charge in [0.25, 0.3) is 0 Å². The van der Waals surface area contributed by atoms with Gasteiger partial charge in [-0.3, -0.25) is 0 Å². The van der Waals surface area contributed by atoms with Crippen LogP contribution in [-0.2, 0) is 13.1 Å². The van der Waals surface area contributed by atoms with Crippen molar-refractivity contribution in [3.8, 4) is 0 Å². The van der Waals surface area contributed by atoms with Gasteiger partial charge in [0.15, 0.2) is 0 Å². The van der Waals surface area contributed by atoms with E-state index in [2.05, 4.69) is 91.9 Å². The number of nitrogens with one attached hydrogen (secondary N) is 1. The van der Waals surface area contributed by atoms with E-state index >= 15 is 0 Å². The Hall–Kier alpha value is -0.490. The Morgan fingerprint density at radius 2 is 2.18 bits per heavy atom. The summed E-state index contributed by atoms with van der Waals surface area (Å²) in [5.74, 6) is 0. The molecule has 2 aromatic rings. The van der Waals surface area contributed by atoms with Crippen molar-refractivity contribution in [1.82, 2.24) is 4.57 Å². The van der Waals surface area contributed by atoms with Crippen LogP contribution in [0.3, 0.4) is 0 Å². The van der Waals surface area contributed by atoms with Crippen LogP contribution in [0.5, 0.6) is 0 Å². The van der Waals surface area contributed by atoms with Gasteiger partial charge in [-0.1, -0.05) is 15.9 Å². The molecule has 1 aromatic carbocycles. The molecule has 90 valence electrons. The predicted octanol–water partition coefficient (Wildman–Crippen LogP) is 4.49. The van der Waals surface area contributed by atoms with Gasteiger partial charge in [-0.2, -0.15) is 0 Å². The van der Waals surface area contributed by atoms with Crippen molar-refractivity contribution in [2.75, 3.05) is 5.32 Å². The van der Waals surface area contributed by atoms with E-state index in [4.69, 9.17) is 0 Å². The number of anilines is 1. The fraction of sp³-hybridized carbons (Fsp3) is 0.231. The van der Waals surface area contributed by atoms with Crippen LogP contribution in [0.4, 0.5) is 5.69 Å². The highest BCUT2D eigenvalue weighted by atomic mass is 127. The maximum Gasteiger partial charge on any atom is 0.0553 e. The minimum Gasteiger partial charge on any atom is -0.379 e. The van der Waals surface area contributed by atoms with Crippen molar-refractivity contribution in [3.63, 3.8) is 0 Å². The molecule has 0 spiro atoms. The Labute approximate surface area is 124 Å². The summed E-state index contributed by atoms with van der Waals surface area (Å²) >= 11 is 5.84. The van der Waals surface area contributed by atoms with Gasteiger partial charge >= 0.3 is 0 Å². The van der Waals surface area contributed by atoms with Crippen LogP contribution < -0.4 is 5.32 Å². The average Bonchev–Trinajstić information content (AvgIpc) is 2.77. The molecule has 0 unspecified atom stereocenters. The van der Waals surface area contributed by atoms with Gasteiger partial charge in [-0.05, 0) is 59.8 Å². The van der Waals surface area contributed by atoms with E-state index < -0.39 is 0 Å². The summed E-state index contributed by atoms with van der Waals surface area (Å²) in [6, 6.07) is 10.5. The first kappa shape index (κ1) is 13.0. The van der Waals surface area contributed by atoms with Crippen molar-refractivity contribution in [1.29, 1.82) is 0 Å². The first-order chi connectivity index (χ1) is 8.20. The van der Waals surface area contributed by atoms with E-state index in [1.54, 1.807) is 0 Å². The molecule has 0 aliphatic carbocycles. The van der Waals surface area contributed by atoms with E-state index in [0.717, 1.165) is 17.6 Å². The topological polar surface area (TPSA) is 17.0 Å². The minimum atomic E-state index is 0.854. The zero-order chi connectivity index (χ0) is 12.3. The minimum absolute atomic E-state index is 0.854. The number of nitrogens with zero attached hydrogens (tertiary/aromatic N) is 1. The largest absolute Gasteiger partial charge is 0.379 e. The van der Waals surface area contributed by atoms with Crippen molar-refractivity contribution in [2.45, 2.75) is 20.0 Å². The lowest BCUT2D eigenvalue weighted by atomic mass is 10.3. The van der Waals surface area contributed by atoms with Crippen molar-refractivity contribution in [3.05, 3.63) is 50.3 Å². The van der Waals surface area contributed by atoms with Crippen molar-refractivity contribution < 1.29 is 0 Å². The summed E-state index contributed by atoms with van der Waals surface area (Å²) in [5, 5.41) is 3.47. The Balaban J connectivity index is 2.09. The van der Waals surface area contributed by atoms with Gasteiger partial charge < -0.3 is 9.88 Å². The molecule has 0 atom stereocenters. The van der Waals surface area contributed by atoms with E-state index in [9.17, 15) is 0 Å². The maximum absolute atomic E-state index is 3.49. The van der Waals surface area contributed by atoms with E-state index in [1.165, 1.54) is 15.0 Å². The summed E-state index contributed by atoms with van der Waals surface area (Å²) in [4.78, 5) is 0. The number of aryl methyl sites for hydroxylation is 1. The highest BCUT2D eigenvalue weighted by Crippen LogP contribution is 2.23. The molecule has 0 fully saturated rings. The zero-order valence-corrected chi connectivity index (χ0v) is 13.3. The third-order valence-electron chi connectivity index (χ3n) is 2.65. The Morgan fingerprint density at radius 1 is 1.35 bits per heavy atom. The molecule has 1 aromatic heterocycles. The van der Waals surface area contributed by atoms with Crippen LogP contribution in [0.15, 0.2) is 41.0 Å².